The molecule has 13 aliphatic carbocycles. The van der Waals surface area contributed by atoms with Gasteiger partial charge < -0.3 is 0 Å². The molecule has 0 nitrogen and oxygen atoms in total. The third kappa shape index (κ3) is 23.0. The van der Waals surface area contributed by atoms with Gasteiger partial charge in [-0.1, -0.05) is 191 Å². The van der Waals surface area contributed by atoms with Crippen molar-refractivity contribution in [3.8, 4) is 0 Å². The zero-order valence-electron chi connectivity index (χ0n) is 60.7. The van der Waals surface area contributed by atoms with Crippen LogP contribution in [0.15, 0.2) is 58.2 Å². The summed E-state index contributed by atoms with van der Waals surface area (Å²) in [5.41, 5.74) is 8.79. The molecule has 8 saturated carbocycles. The van der Waals surface area contributed by atoms with Gasteiger partial charge in [-0.3, -0.25) is 0 Å². The maximum absolute atomic E-state index is 2.69. The summed E-state index contributed by atoms with van der Waals surface area (Å²) in [6.07, 6.45) is 82.5. The van der Waals surface area contributed by atoms with Gasteiger partial charge in [-0.15, -0.1) is 0 Å². The van der Waals surface area contributed by atoms with Crippen LogP contribution in [-0.4, -0.2) is 0 Å². The Balaban J connectivity index is 0.000000592. The summed E-state index contributed by atoms with van der Waals surface area (Å²) in [6, 6.07) is 0. The SMILES string of the molecule is CC1=CCC(C2CCC(C)CC2)CC1.CC1=CCC(C2CCC(C3CCC(C)CC3)CC2)CC1.CC1CC=C(C2CCC(C)CC2)CC1.CC1CC=C(C2CCC(C3CCC(C)CC3)CC2)CC1.CC1CCC(C2=CCC(C3CCC(C)CC3)CC2)CC1.[HH].[HH].[HH].[HH].[HH].[HH].[HH].[HH]. The molecular formula is C88H166. The molecule has 0 aliphatic heterocycles. The molecule has 0 amide bonds. The maximum atomic E-state index is 2.69. The Bertz CT molecular complexity index is 2110. The van der Waals surface area contributed by atoms with E-state index in [4.69, 9.17) is 0 Å². The van der Waals surface area contributed by atoms with Crippen LogP contribution in [0.5, 0.6) is 0 Å². The Morgan fingerprint density at radius 1 is 0.193 bits per heavy atom. The van der Waals surface area contributed by atoms with Crippen LogP contribution in [0.3, 0.4) is 0 Å². The highest BCUT2D eigenvalue weighted by atomic mass is 14.4. The van der Waals surface area contributed by atoms with Crippen LogP contribution in [-0.2, 0) is 0 Å². The van der Waals surface area contributed by atoms with Gasteiger partial charge in [0, 0.05) is 11.4 Å². The van der Waals surface area contributed by atoms with Gasteiger partial charge in [0.2, 0.25) is 0 Å². The molecule has 5 atom stereocenters. The van der Waals surface area contributed by atoms with Crippen LogP contribution in [0.1, 0.15) is 382 Å². The standard InChI is InChI=1S/3C20H34.2C14H24.8H2/c3*1-15-3-7-17(8-4-15)19-11-13-20(14-12-19)18-9-5-16(2)6-10-18;2*1-11-3-7-13(8-4-11)14-9-5-12(2)6-10-14;;;;;;;;/h11,15-18,20H,3-10,12-14H2,1-2H3;7,15-16,18-20H,3-6,8-14H2,1-2H3;3,16-20H,4-14H2,1-2H3;7,11-12,14H,3-6,8-10H2,1-2H3;3,12-14H,4-10H2,1-2H3;8*1H. The molecule has 5 unspecified atom stereocenters. The first-order valence-corrected chi connectivity index (χ1v) is 41.1. The molecule has 518 valence electrons. The van der Waals surface area contributed by atoms with E-state index in [0.29, 0.717) is 0 Å². The maximum Gasteiger partial charge on any atom is 0 e. The molecular weight excluding hydrogens is 1060 g/mol. The lowest BCUT2D eigenvalue weighted by atomic mass is 9.66. The van der Waals surface area contributed by atoms with Crippen molar-refractivity contribution in [1.29, 1.82) is 0 Å². The summed E-state index contributed by atoms with van der Waals surface area (Å²) in [7, 11) is 0. The molecule has 0 heteroatoms. The van der Waals surface area contributed by atoms with Gasteiger partial charge in [0.1, 0.15) is 0 Å². The summed E-state index contributed by atoms with van der Waals surface area (Å²) in [4.78, 5) is 0. The van der Waals surface area contributed by atoms with Crippen LogP contribution in [0.25, 0.3) is 0 Å². The van der Waals surface area contributed by atoms with Crippen molar-refractivity contribution >= 4 is 0 Å². The van der Waals surface area contributed by atoms with Crippen molar-refractivity contribution in [2.45, 2.75) is 371 Å². The molecule has 13 aliphatic rings. The lowest BCUT2D eigenvalue weighted by Gasteiger charge is -2.40. The van der Waals surface area contributed by atoms with E-state index in [1.54, 1.807) is 49.7 Å². The first-order valence-electron chi connectivity index (χ1n) is 41.1. The Morgan fingerprint density at radius 3 is 0.636 bits per heavy atom. The van der Waals surface area contributed by atoms with Crippen molar-refractivity contribution in [3.63, 3.8) is 0 Å². The van der Waals surface area contributed by atoms with Gasteiger partial charge in [-0.25, -0.2) is 0 Å². The minimum absolute atomic E-state index is 0. The topological polar surface area (TPSA) is 0 Å². The van der Waals surface area contributed by atoms with E-state index in [-0.39, 0.29) is 11.4 Å². The Morgan fingerprint density at radius 2 is 0.398 bits per heavy atom. The van der Waals surface area contributed by atoms with Gasteiger partial charge >= 0.3 is 0 Å². The molecule has 0 heterocycles. The van der Waals surface area contributed by atoms with E-state index in [1.165, 1.54) is 263 Å². The van der Waals surface area contributed by atoms with Crippen molar-refractivity contribution in [3.05, 3.63) is 58.2 Å². The predicted octanol–water partition coefficient (Wildman–Crippen LogP) is 30.2. The highest BCUT2D eigenvalue weighted by Gasteiger charge is 2.36. The number of hydrogen-bond donors (Lipinski definition) is 0. The number of rotatable bonds is 8. The van der Waals surface area contributed by atoms with Crippen LogP contribution in [0.4, 0.5) is 0 Å². The fraction of sp³-hybridized carbons (Fsp3) is 0.886. The minimum Gasteiger partial charge on any atom is -0.0853 e. The molecule has 0 N–H and O–H groups in total. The second-order valence-corrected chi connectivity index (χ2v) is 36.1. The van der Waals surface area contributed by atoms with E-state index in [0.717, 1.165) is 124 Å². The second kappa shape index (κ2) is 37.1. The average Bonchev–Trinajstić information content (AvgIpc) is 1.18. The van der Waals surface area contributed by atoms with Gasteiger partial charge in [-0.05, 0) is 363 Å². The van der Waals surface area contributed by atoms with Crippen LogP contribution >= 0.6 is 0 Å². The molecule has 8 fully saturated rings. The summed E-state index contributed by atoms with van der Waals surface area (Å²) in [5, 5.41) is 0. The third-order valence-electron chi connectivity index (χ3n) is 29.0. The van der Waals surface area contributed by atoms with Crippen LogP contribution in [0.2, 0.25) is 0 Å². The van der Waals surface area contributed by atoms with E-state index in [9.17, 15) is 0 Å². The van der Waals surface area contributed by atoms with Crippen molar-refractivity contribution in [2.24, 2.45) is 124 Å². The molecule has 0 saturated heterocycles. The number of allylic oxidation sites excluding steroid dienone is 10. The van der Waals surface area contributed by atoms with Crippen molar-refractivity contribution in [1.82, 2.24) is 0 Å². The molecule has 0 radical (unpaired) electrons. The third-order valence-corrected chi connectivity index (χ3v) is 29.0. The zero-order valence-corrected chi connectivity index (χ0v) is 60.7. The number of hydrogen-bond acceptors (Lipinski definition) is 0. The van der Waals surface area contributed by atoms with Crippen molar-refractivity contribution < 1.29 is 11.4 Å². The van der Waals surface area contributed by atoms with Gasteiger partial charge in [0.25, 0.3) is 0 Å². The molecule has 0 aromatic rings. The van der Waals surface area contributed by atoms with Crippen LogP contribution < -0.4 is 0 Å². The summed E-state index contributed by atoms with van der Waals surface area (Å²) >= 11 is 0. The fourth-order valence-electron chi connectivity index (χ4n) is 21.6. The average molecular weight is 1220 g/mol. The lowest BCUT2D eigenvalue weighted by Crippen LogP contribution is -2.28. The highest BCUT2D eigenvalue weighted by Crippen LogP contribution is 2.49. The van der Waals surface area contributed by atoms with Gasteiger partial charge in [0.15, 0.2) is 0 Å². The summed E-state index contributed by atoms with van der Waals surface area (Å²) in [6.45, 7) is 24.0. The van der Waals surface area contributed by atoms with E-state index in [1.807, 2.05) is 16.7 Å². The Labute approximate surface area is 562 Å². The smallest absolute Gasteiger partial charge is 0 e. The molecule has 0 bridgehead atoms. The first-order chi connectivity index (χ1) is 42.7. The van der Waals surface area contributed by atoms with Crippen molar-refractivity contribution in [2.75, 3.05) is 0 Å². The largest absolute Gasteiger partial charge is 0.0853 e. The monoisotopic (exact) mass is 1220 g/mol. The Kier molecular flexibility index (Phi) is 29.9. The van der Waals surface area contributed by atoms with Crippen LogP contribution in [0, 0.1) is 124 Å². The van der Waals surface area contributed by atoms with Gasteiger partial charge in [0.05, 0.1) is 0 Å². The van der Waals surface area contributed by atoms with E-state index < -0.39 is 0 Å². The molecule has 13 rings (SSSR count). The zero-order chi connectivity index (χ0) is 61.8. The second-order valence-electron chi connectivity index (χ2n) is 36.1. The first kappa shape index (κ1) is 71.0. The molecule has 0 spiro atoms. The molecule has 0 aromatic heterocycles. The highest BCUT2D eigenvalue weighted by molar-refractivity contribution is 5.14. The van der Waals surface area contributed by atoms with E-state index >= 15 is 0 Å². The lowest BCUT2D eigenvalue weighted by molar-refractivity contribution is 0.124. The summed E-state index contributed by atoms with van der Waals surface area (Å²) in [5.74, 6) is 21.5. The van der Waals surface area contributed by atoms with Gasteiger partial charge in [-0.2, -0.15) is 0 Å². The molecule has 88 heavy (non-hydrogen) atoms. The fourth-order valence-corrected chi connectivity index (χ4v) is 21.6. The normalized spacial score (nSPS) is 41.9. The predicted molar refractivity (Wildman–Crippen MR) is 404 cm³/mol. The minimum atomic E-state index is 0. The Hall–Kier alpha value is -1.30. The summed E-state index contributed by atoms with van der Waals surface area (Å²) < 4.78 is 0. The molecule has 0 aromatic carbocycles. The van der Waals surface area contributed by atoms with E-state index in [2.05, 4.69) is 99.6 Å². The quantitative estimate of drug-likeness (QED) is 0.213.